The first-order chi connectivity index (χ1) is 8.13. The van der Waals surface area contributed by atoms with Crippen molar-refractivity contribution < 1.29 is 9.21 Å². The Kier molecular flexibility index (Phi) is 4.56. The van der Waals surface area contributed by atoms with E-state index < -0.39 is 0 Å². The number of aryl methyl sites for hydroxylation is 1. The van der Waals surface area contributed by atoms with E-state index in [1.165, 1.54) is 6.08 Å². The molecule has 1 aromatic heterocycles. The summed E-state index contributed by atoms with van der Waals surface area (Å²) in [6.45, 7) is 5.94. The number of amides is 1. The van der Waals surface area contributed by atoms with Gasteiger partial charge >= 0.3 is 0 Å². The topological polar surface area (TPSA) is 33.5 Å². The molecule has 0 fully saturated rings. The van der Waals surface area contributed by atoms with Crippen molar-refractivity contribution in [2.24, 2.45) is 0 Å². The zero-order valence-corrected chi connectivity index (χ0v) is 11.3. The lowest BCUT2D eigenvalue weighted by Crippen LogP contribution is -2.23. The number of hydrogen-bond acceptors (Lipinski definition) is 2. The minimum absolute atomic E-state index is 0. The Balaban J connectivity index is 0.00000162. The molecule has 0 saturated heterocycles. The van der Waals surface area contributed by atoms with Crippen molar-refractivity contribution in [1.29, 1.82) is 0 Å². The van der Waals surface area contributed by atoms with Crippen LogP contribution in [-0.2, 0) is 11.3 Å². The molecule has 2 rings (SSSR count). The van der Waals surface area contributed by atoms with Crippen LogP contribution in [0, 0.1) is 6.92 Å². The summed E-state index contributed by atoms with van der Waals surface area (Å²) in [5, 5.41) is 1.10. The number of likely N-dealkylation sites (N-methyl/N-ethyl adjacent to an activating group) is 1. The maximum Gasteiger partial charge on any atom is 0.246 e. The molecule has 0 saturated carbocycles. The van der Waals surface area contributed by atoms with Crippen LogP contribution in [0.2, 0.25) is 0 Å². The first kappa shape index (κ1) is 14.3. The molecule has 0 aliphatic carbocycles. The fourth-order valence-corrected chi connectivity index (χ4v) is 1.82. The van der Waals surface area contributed by atoms with E-state index in [9.17, 15) is 4.79 Å². The number of nitrogens with zero attached hydrogens (tertiary/aromatic N) is 1. The monoisotopic (exact) mass is 265 g/mol. The molecule has 0 aliphatic rings. The zero-order chi connectivity index (χ0) is 12.4. The van der Waals surface area contributed by atoms with E-state index in [2.05, 4.69) is 6.58 Å². The zero-order valence-electron chi connectivity index (χ0n) is 10.5. The van der Waals surface area contributed by atoms with Gasteiger partial charge < -0.3 is 9.32 Å². The average molecular weight is 266 g/mol. The van der Waals surface area contributed by atoms with Gasteiger partial charge in [0.05, 0.1) is 6.54 Å². The third-order valence-corrected chi connectivity index (χ3v) is 2.87. The molecule has 0 N–H and O–H groups in total. The van der Waals surface area contributed by atoms with E-state index >= 15 is 0 Å². The van der Waals surface area contributed by atoms with Gasteiger partial charge in [0, 0.05) is 18.0 Å². The number of benzene rings is 1. The molecule has 3 nitrogen and oxygen atoms in total. The summed E-state index contributed by atoms with van der Waals surface area (Å²) in [6.07, 6.45) is 1.30. The van der Waals surface area contributed by atoms with Crippen molar-refractivity contribution >= 4 is 29.3 Å². The van der Waals surface area contributed by atoms with Crippen LogP contribution in [0.1, 0.15) is 11.3 Å². The number of rotatable bonds is 3. The molecule has 0 atom stereocenters. The maximum absolute atomic E-state index is 11.4. The second-order valence-electron chi connectivity index (χ2n) is 4.04. The molecule has 0 spiro atoms. The first-order valence-electron chi connectivity index (χ1n) is 5.48. The first-order valence-corrected chi connectivity index (χ1v) is 5.48. The highest BCUT2D eigenvalue weighted by Crippen LogP contribution is 2.25. The molecule has 96 valence electrons. The van der Waals surface area contributed by atoms with Crippen molar-refractivity contribution in [3.63, 3.8) is 0 Å². The van der Waals surface area contributed by atoms with E-state index in [4.69, 9.17) is 4.42 Å². The van der Waals surface area contributed by atoms with E-state index in [-0.39, 0.29) is 18.3 Å². The van der Waals surface area contributed by atoms with Gasteiger partial charge in [0.2, 0.25) is 5.91 Å². The molecular formula is C14H16ClNO2. The van der Waals surface area contributed by atoms with Crippen LogP contribution in [0.25, 0.3) is 11.0 Å². The van der Waals surface area contributed by atoms with E-state index in [0.29, 0.717) is 6.54 Å². The van der Waals surface area contributed by atoms with Crippen LogP contribution in [0.15, 0.2) is 41.3 Å². The Bertz CT molecular complexity index is 574. The van der Waals surface area contributed by atoms with Crippen LogP contribution in [0.3, 0.4) is 0 Å². The second kappa shape index (κ2) is 5.74. The van der Waals surface area contributed by atoms with Gasteiger partial charge in [0.25, 0.3) is 0 Å². The van der Waals surface area contributed by atoms with Crippen LogP contribution in [0.5, 0.6) is 0 Å². The molecular weight excluding hydrogens is 250 g/mol. The third kappa shape index (κ3) is 2.57. The molecule has 0 aliphatic heterocycles. The Morgan fingerprint density at radius 1 is 1.44 bits per heavy atom. The van der Waals surface area contributed by atoms with Crippen LogP contribution in [0.4, 0.5) is 0 Å². The Morgan fingerprint density at radius 3 is 2.72 bits per heavy atom. The summed E-state index contributed by atoms with van der Waals surface area (Å²) in [4.78, 5) is 13.0. The van der Waals surface area contributed by atoms with Crippen LogP contribution >= 0.6 is 12.4 Å². The van der Waals surface area contributed by atoms with Crippen molar-refractivity contribution in [2.75, 3.05) is 7.05 Å². The van der Waals surface area contributed by atoms with Gasteiger partial charge in [-0.2, -0.15) is 0 Å². The second-order valence-corrected chi connectivity index (χ2v) is 4.04. The molecule has 1 aromatic carbocycles. The SMILES string of the molecule is C=CC(=O)N(C)Cc1oc2ccccc2c1C.Cl. The van der Waals surface area contributed by atoms with Gasteiger partial charge in [0.15, 0.2) is 0 Å². The smallest absolute Gasteiger partial charge is 0.246 e. The quantitative estimate of drug-likeness (QED) is 0.798. The van der Waals surface area contributed by atoms with Crippen molar-refractivity contribution in [3.8, 4) is 0 Å². The molecule has 0 radical (unpaired) electrons. The van der Waals surface area contributed by atoms with Gasteiger partial charge in [-0.25, -0.2) is 0 Å². The van der Waals surface area contributed by atoms with Gasteiger partial charge in [-0.1, -0.05) is 24.8 Å². The Morgan fingerprint density at radius 2 is 2.11 bits per heavy atom. The molecule has 4 heteroatoms. The van der Waals surface area contributed by atoms with Crippen LogP contribution < -0.4 is 0 Å². The fraction of sp³-hybridized carbons (Fsp3) is 0.214. The van der Waals surface area contributed by atoms with E-state index in [1.807, 2.05) is 31.2 Å². The molecule has 1 heterocycles. The summed E-state index contributed by atoms with van der Waals surface area (Å²) < 4.78 is 5.74. The highest BCUT2D eigenvalue weighted by molar-refractivity contribution is 5.87. The number of carbonyl (C=O) groups is 1. The maximum atomic E-state index is 11.4. The molecule has 1 amide bonds. The average Bonchev–Trinajstić information content (AvgIpc) is 2.66. The minimum atomic E-state index is -0.107. The van der Waals surface area contributed by atoms with Crippen molar-refractivity contribution in [3.05, 3.63) is 48.2 Å². The van der Waals surface area contributed by atoms with E-state index in [1.54, 1.807) is 11.9 Å². The summed E-state index contributed by atoms with van der Waals surface area (Å²) in [7, 11) is 1.73. The highest BCUT2D eigenvalue weighted by atomic mass is 35.5. The predicted octanol–water partition coefficient (Wildman–Crippen LogP) is 3.31. The van der Waals surface area contributed by atoms with Crippen molar-refractivity contribution in [2.45, 2.75) is 13.5 Å². The number of hydrogen-bond donors (Lipinski definition) is 0. The van der Waals surface area contributed by atoms with Crippen LogP contribution in [-0.4, -0.2) is 17.9 Å². The summed E-state index contributed by atoms with van der Waals surface area (Å²) >= 11 is 0. The van der Waals surface area contributed by atoms with Crippen molar-refractivity contribution in [1.82, 2.24) is 4.90 Å². The Labute approximate surface area is 112 Å². The van der Waals surface area contributed by atoms with Gasteiger partial charge in [-0.15, -0.1) is 12.4 Å². The number of halogens is 1. The largest absolute Gasteiger partial charge is 0.459 e. The molecule has 18 heavy (non-hydrogen) atoms. The summed E-state index contributed by atoms with van der Waals surface area (Å²) in [6, 6.07) is 7.87. The Hall–Kier alpha value is -1.74. The van der Waals surface area contributed by atoms with Gasteiger partial charge in [-0.05, 0) is 19.1 Å². The standard InChI is InChI=1S/C14H15NO2.ClH/c1-4-14(16)15(3)9-13-10(2)11-7-5-6-8-12(11)17-13;/h4-8H,1,9H2,2-3H3;1H. The number of furan rings is 1. The lowest BCUT2D eigenvalue weighted by molar-refractivity contribution is -0.125. The normalized spacial score (nSPS) is 9.89. The van der Waals surface area contributed by atoms with Gasteiger partial charge in [-0.3, -0.25) is 4.79 Å². The molecule has 0 unspecified atom stereocenters. The van der Waals surface area contributed by atoms with E-state index in [0.717, 1.165) is 22.3 Å². The molecule has 2 aromatic rings. The highest BCUT2D eigenvalue weighted by Gasteiger charge is 2.13. The predicted molar refractivity (Wildman–Crippen MR) is 74.9 cm³/mol. The lowest BCUT2D eigenvalue weighted by atomic mass is 10.1. The minimum Gasteiger partial charge on any atom is -0.459 e. The summed E-state index contributed by atoms with van der Waals surface area (Å²) in [5.41, 5.74) is 1.95. The number of carbonyl (C=O) groups excluding carboxylic acids is 1. The lowest BCUT2D eigenvalue weighted by Gasteiger charge is -2.13. The fourth-order valence-electron chi connectivity index (χ4n) is 1.82. The number of fused-ring (bicyclic) bond motifs is 1. The number of para-hydroxylation sites is 1. The van der Waals surface area contributed by atoms with Gasteiger partial charge in [0.1, 0.15) is 11.3 Å². The summed E-state index contributed by atoms with van der Waals surface area (Å²) in [5.74, 6) is 0.716. The third-order valence-electron chi connectivity index (χ3n) is 2.87. The molecule has 0 bridgehead atoms.